The van der Waals surface area contributed by atoms with Crippen LogP contribution in [0.25, 0.3) is 0 Å². The van der Waals surface area contributed by atoms with Gasteiger partial charge in [0.15, 0.2) is 0 Å². The van der Waals surface area contributed by atoms with Crippen molar-refractivity contribution in [1.82, 2.24) is 15.2 Å². The summed E-state index contributed by atoms with van der Waals surface area (Å²) in [7, 11) is 0. The van der Waals surface area contributed by atoms with E-state index in [9.17, 15) is 9.59 Å². The Morgan fingerprint density at radius 3 is 2.58 bits per heavy atom. The second-order valence-corrected chi connectivity index (χ2v) is 8.96. The summed E-state index contributed by atoms with van der Waals surface area (Å²) in [6.45, 7) is 13.8. The minimum atomic E-state index is -0.503. The minimum absolute atomic E-state index is 0.125. The van der Waals surface area contributed by atoms with Crippen LogP contribution in [0.1, 0.15) is 52.8 Å². The summed E-state index contributed by atoms with van der Waals surface area (Å²) in [5, 5.41) is 2.60. The third kappa shape index (κ3) is 7.46. The zero-order chi connectivity index (χ0) is 24.6. The van der Waals surface area contributed by atoms with Gasteiger partial charge in [-0.25, -0.2) is 24.4 Å². The van der Waals surface area contributed by atoms with Crippen LogP contribution in [0.5, 0.6) is 0 Å². The van der Waals surface area contributed by atoms with Crippen molar-refractivity contribution in [2.75, 3.05) is 31.1 Å². The van der Waals surface area contributed by atoms with Crippen molar-refractivity contribution in [2.45, 2.75) is 72.3 Å². The molecule has 0 aromatic carbocycles. The Morgan fingerprint density at radius 2 is 2.00 bits per heavy atom. The van der Waals surface area contributed by atoms with Crippen molar-refractivity contribution in [3.8, 4) is 0 Å². The van der Waals surface area contributed by atoms with E-state index in [4.69, 9.17) is 19.3 Å². The van der Waals surface area contributed by atoms with Gasteiger partial charge in [-0.1, -0.05) is 6.07 Å². The molecule has 182 valence electrons. The molecule has 3 rings (SSSR count). The van der Waals surface area contributed by atoms with E-state index in [1.54, 1.807) is 11.8 Å². The van der Waals surface area contributed by atoms with Crippen LogP contribution in [0.2, 0.25) is 0 Å². The quantitative estimate of drug-likeness (QED) is 0.541. The van der Waals surface area contributed by atoms with E-state index in [-0.39, 0.29) is 24.8 Å². The van der Waals surface area contributed by atoms with Crippen LogP contribution in [-0.2, 0) is 27.3 Å². The monoisotopic (exact) mass is 461 g/mol. The number of hydrogen-bond donors (Lipinski definition) is 1. The van der Waals surface area contributed by atoms with Gasteiger partial charge in [0.1, 0.15) is 18.0 Å². The molecule has 1 saturated heterocycles. The number of aliphatic imine (C=N–C) groups is 1. The van der Waals surface area contributed by atoms with Crippen molar-refractivity contribution in [1.29, 1.82) is 0 Å². The molecule has 0 spiro atoms. The molecule has 0 unspecified atom stereocenters. The zero-order valence-electron chi connectivity index (χ0n) is 20.4. The summed E-state index contributed by atoms with van der Waals surface area (Å²) >= 11 is 0. The highest BCUT2D eigenvalue weighted by atomic mass is 16.6. The summed E-state index contributed by atoms with van der Waals surface area (Å²) in [4.78, 5) is 45.1. The molecule has 10 heteroatoms. The van der Waals surface area contributed by atoms with Gasteiger partial charge in [-0.3, -0.25) is 0 Å². The van der Waals surface area contributed by atoms with Gasteiger partial charge >= 0.3 is 12.2 Å². The summed E-state index contributed by atoms with van der Waals surface area (Å²) in [5.74, 6) is 0.929. The van der Waals surface area contributed by atoms with Crippen molar-refractivity contribution in [2.24, 2.45) is 4.99 Å². The first-order valence-corrected chi connectivity index (χ1v) is 11.3. The molecule has 0 saturated carbocycles. The maximum atomic E-state index is 12.5. The molecule has 2 amide bonds. The van der Waals surface area contributed by atoms with Crippen LogP contribution in [0, 0.1) is 0 Å². The fraction of sp³-hybridized carbons (Fsp3) is 0.652. The number of piperazine rings is 1. The summed E-state index contributed by atoms with van der Waals surface area (Å²) in [6, 6.07) is 4.24. The number of fused-ring (bicyclic) bond motifs is 3. The number of ether oxygens (including phenoxy) is 2. The molecular formula is C23H35N5O5. The van der Waals surface area contributed by atoms with Gasteiger partial charge in [0.25, 0.3) is 0 Å². The number of isocyanates is 1. The average molecular weight is 462 g/mol. The number of amides is 2. The molecule has 0 bridgehead atoms. The van der Waals surface area contributed by atoms with Crippen LogP contribution in [-0.4, -0.2) is 72.0 Å². The predicted octanol–water partition coefficient (Wildman–Crippen LogP) is 3.04. The zero-order valence-corrected chi connectivity index (χ0v) is 20.4. The number of nitrogens with zero attached hydrogens (tertiary/aromatic N) is 4. The SMILES string of the molecule is CCN=C=O.CCNC(=O)OCc1ccc2c(n1)N1[C@H](C2)CN(C(=O)OC(C)(C)C)C[C@H]1C. The number of hydrogen-bond acceptors (Lipinski definition) is 8. The molecule has 0 radical (unpaired) electrons. The maximum absolute atomic E-state index is 12.5. The van der Waals surface area contributed by atoms with Gasteiger partial charge in [-0.05, 0) is 59.6 Å². The van der Waals surface area contributed by atoms with E-state index in [2.05, 4.69) is 22.1 Å². The molecule has 1 N–H and O–H groups in total. The summed E-state index contributed by atoms with van der Waals surface area (Å²) < 4.78 is 10.7. The van der Waals surface area contributed by atoms with Crippen molar-refractivity contribution in [3.05, 3.63) is 23.4 Å². The van der Waals surface area contributed by atoms with Crippen LogP contribution in [0.4, 0.5) is 15.4 Å². The smallest absolute Gasteiger partial charge is 0.410 e. The third-order valence-electron chi connectivity index (χ3n) is 5.04. The third-order valence-corrected chi connectivity index (χ3v) is 5.04. The topological polar surface area (TPSA) is 113 Å². The Labute approximate surface area is 195 Å². The lowest BCUT2D eigenvalue weighted by Crippen LogP contribution is -2.58. The first-order chi connectivity index (χ1) is 15.6. The summed E-state index contributed by atoms with van der Waals surface area (Å²) in [6.07, 6.45) is 1.52. The van der Waals surface area contributed by atoms with E-state index in [0.29, 0.717) is 31.9 Å². The number of carbonyl (C=O) groups is 2. The van der Waals surface area contributed by atoms with Crippen molar-refractivity contribution < 1.29 is 23.9 Å². The molecule has 2 atom stereocenters. The number of pyridine rings is 1. The van der Waals surface area contributed by atoms with Gasteiger partial charge in [-0.2, -0.15) is 0 Å². The fourth-order valence-electron chi connectivity index (χ4n) is 3.84. The Bertz CT molecular complexity index is 878. The van der Waals surface area contributed by atoms with E-state index in [1.807, 2.05) is 39.8 Å². The number of aromatic nitrogens is 1. The van der Waals surface area contributed by atoms with Crippen molar-refractivity contribution in [3.63, 3.8) is 0 Å². The first-order valence-electron chi connectivity index (χ1n) is 11.3. The number of rotatable bonds is 4. The van der Waals surface area contributed by atoms with Crippen LogP contribution in [0.3, 0.4) is 0 Å². The molecule has 2 aliphatic rings. The Balaban J connectivity index is 0.000000696. The van der Waals surface area contributed by atoms with E-state index < -0.39 is 11.7 Å². The molecular weight excluding hydrogens is 426 g/mol. The molecule has 0 aliphatic carbocycles. The Morgan fingerprint density at radius 1 is 1.27 bits per heavy atom. The second kappa shape index (κ2) is 11.7. The van der Waals surface area contributed by atoms with Crippen molar-refractivity contribution >= 4 is 24.1 Å². The van der Waals surface area contributed by atoms with Gasteiger partial charge in [0.2, 0.25) is 6.08 Å². The van der Waals surface area contributed by atoms with Crippen LogP contribution >= 0.6 is 0 Å². The number of carbonyl (C=O) groups excluding carboxylic acids is 3. The van der Waals surface area contributed by atoms with Crippen LogP contribution < -0.4 is 10.2 Å². The lowest BCUT2D eigenvalue weighted by Gasteiger charge is -2.43. The Hall–Kier alpha value is -3.13. The van der Waals surface area contributed by atoms with E-state index in [1.165, 1.54) is 6.08 Å². The molecule has 1 fully saturated rings. The lowest BCUT2D eigenvalue weighted by molar-refractivity contribution is 0.0191. The van der Waals surface area contributed by atoms with Gasteiger partial charge in [0.05, 0.1) is 11.7 Å². The van der Waals surface area contributed by atoms with E-state index >= 15 is 0 Å². The molecule has 2 aliphatic heterocycles. The lowest BCUT2D eigenvalue weighted by atomic mass is 10.1. The first kappa shape index (κ1) is 26.1. The number of alkyl carbamates (subject to hydrolysis) is 1. The average Bonchev–Trinajstić information content (AvgIpc) is 3.10. The van der Waals surface area contributed by atoms with Gasteiger partial charge in [-0.15, -0.1) is 0 Å². The van der Waals surface area contributed by atoms with Gasteiger partial charge in [0, 0.05) is 32.2 Å². The maximum Gasteiger partial charge on any atom is 0.410 e. The van der Waals surface area contributed by atoms with E-state index in [0.717, 1.165) is 17.8 Å². The highest BCUT2D eigenvalue weighted by Crippen LogP contribution is 2.35. The largest absolute Gasteiger partial charge is 0.444 e. The summed E-state index contributed by atoms with van der Waals surface area (Å²) in [5.41, 5.74) is 1.37. The normalized spacial score (nSPS) is 18.7. The fourth-order valence-corrected chi connectivity index (χ4v) is 3.84. The van der Waals surface area contributed by atoms with Gasteiger partial charge < -0.3 is 24.6 Å². The standard InChI is InChI=1S/C20H30N4O4.C3H5NO/c1-6-21-18(25)27-12-15-8-7-14-9-16-11-23(19(26)28-20(3,4)5)10-13(2)24(16)17(14)22-15;1-2-4-3-5/h7-8,13,16H,6,9-12H2,1-5H3,(H,21,25);2H2,1H3/t13-,16-;/m1./s1. The highest BCUT2D eigenvalue weighted by Gasteiger charge is 2.41. The highest BCUT2D eigenvalue weighted by molar-refractivity contribution is 5.70. The molecule has 33 heavy (non-hydrogen) atoms. The predicted molar refractivity (Wildman–Crippen MR) is 124 cm³/mol. The number of anilines is 1. The molecule has 3 heterocycles. The Kier molecular flexibility index (Phi) is 9.22. The molecule has 1 aromatic rings. The molecule has 10 nitrogen and oxygen atoms in total. The minimum Gasteiger partial charge on any atom is -0.444 e. The van der Waals surface area contributed by atoms with Crippen LogP contribution in [0.15, 0.2) is 17.1 Å². The molecule has 1 aromatic heterocycles. The number of nitrogens with one attached hydrogen (secondary N) is 1. The second-order valence-electron chi connectivity index (χ2n) is 8.96.